The van der Waals surface area contributed by atoms with Crippen molar-refractivity contribution in [2.24, 2.45) is 5.92 Å². The summed E-state index contributed by atoms with van der Waals surface area (Å²) in [5, 5.41) is 6.96. The van der Waals surface area contributed by atoms with E-state index in [-0.39, 0.29) is 30.3 Å². The first-order chi connectivity index (χ1) is 14.5. The van der Waals surface area contributed by atoms with Gasteiger partial charge in [-0.3, -0.25) is 14.5 Å². The van der Waals surface area contributed by atoms with Crippen LogP contribution in [0.5, 0.6) is 0 Å². The SMILES string of the molecule is C[C@@H]1CCCC[C@@H]1NC(=O)CC[C@@H]1NC(=O)N(CCc2c[nH]c3ccccc23)C1=O. The zero-order valence-corrected chi connectivity index (χ0v) is 17.4. The minimum Gasteiger partial charge on any atom is -0.361 e. The highest BCUT2D eigenvalue weighted by molar-refractivity contribution is 6.04. The van der Waals surface area contributed by atoms with Gasteiger partial charge in [0.2, 0.25) is 5.91 Å². The molecular weight excluding hydrogens is 380 g/mol. The van der Waals surface area contributed by atoms with E-state index in [1.54, 1.807) is 0 Å². The maximum Gasteiger partial charge on any atom is 0.324 e. The van der Waals surface area contributed by atoms with Gasteiger partial charge >= 0.3 is 6.03 Å². The molecule has 1 saturated heterocycles. The summed E-state index contributed by atoms with van der Waals surface area (Å²) in [5.74, 6) is 0.224. The number of amides is 4. The monoisotopic (exact) mass is 410 g/mol. The number of rotatable bonds is 7. The van der Waals surface area contributed by atoms with Crippen molar-refractivity contribution in [2.75, 3.05) is 6.54 Å². The number of para-hydroxylation sites is 1. The van der Waals surface area contributed by atoms with Gasteiger partial charge in [0.05, 0.1) is 0 Å². The molecule has 4 amide bonds. The highest BCUT2D eigenvalue weighted by Gasteiger charge is 2.37. The first-order valence-electron chi connectivity index (χ1n) is 11.0. The molecule has 1 aromatic heterocycles. The molecule has 2 aromatic rings. The van der Waals surface area contributed by atoms with Crippen LogP contribution in [0.1, 0.15) is 51.0 Å². The second kappa shape index (κ2) is 8.90. The van der Waals surface area contributed by atoms with E-state index in [0.717, 1.165) is 35.7 Å². The number of fused-ring (bicyclic) bond motifs is 1. The molecule has 1 aromatic carbocycles. The summed E-state index contributed by atoms with van der Waals surface area (Å²) in [5.41, 5.74) is 2.12. The van der Waals surface area contributed by atoms with E-state index < -0.39 is 6.04 Å². The van der Waals surface area contributed by atoms with Crippen LogP contribution in [0.2, 0.25) is 0 Å². The van der Waals surface area contributed by atoms with E-state index in [0.29, 0.717) is 25.3 Å². The third-order valence-corrected chi connectivity index (χ3v) is 6.50. The van der Waals surface area contributed by atoms with Crippen LogP contribution in [-0.4, -0.2) is 46.4 Å². The molecule has 7 heteroatoms. The number of carbonyl (C=O) groups excluding carboxylic acids is 3. The second-order valence-corrected chi connectivity index (χ2v) is 8.58. The molecule has 1 saturated carbocycles. The minimum absolute atomic E-state index is 0.0342. The largest absolute Gasteiger partial charge is 0.361 e. The second-order valence-electron chi connectivity index (χ2n) is 8.58. The standard InChI is InChI=1S/C23H30N4O3/c1-15-6-2-4-8-18(15)25-21(28)11-10-20-22(29)27(23(30)26-20)13-12-16-14-24-19-9-5-3-7-17(16)19/h3,5,7,9,14-15,18,20,24H,2,4,6,8,10-13H2,1H3,(H,25,28)(H,26,30)/t15-,18+,20+/m1/s1. The zero-order valence-electron chi connectivity index (χ0n) is 17.4. The number of hydrogen-bond donors (Lipinski definition) is 3. The first-order valence-corrected chi connectivity index (χ1v) is 11.0. The molecule has 0 unspecified atom stereocenters. The number of nitrogens with one attached hydrogen (secondary N) is 3. The van der Waals surface area contributed by atoms with Gasteiger partial charge in [0, 0.05) is 36.1 Å². The fourth-order valence-corrected chi connectivity index (χ4v) is 4.64. The van der Waals surface area contributed by atoms with E-state index in [2.05, 4.69) is 22.5 Å². The third kappa shape index (κ3) is 4.35. The summed E-state index contributed by atoms with van der Waals surface area (Å²) in [6.45, 7) is 2.51. The zero-order chi connectivity index (χ0) is 21.1. The quantitative estimate of drug-likeness (QED) is 0.612. The molecule has 0 radical (unpaired) electrons. The van der Waals surface area contributed by atoms with E-state index in [1.165, 1.54) is 11.3 Å². The van der Waals surface area contributed by atoms with Crippen LogP contribution in [0.25, 0.3) is 10.9 Å². The summed E-state index contributed by atoms with van der Waals surface area (Å²) < 4.78 is 0. The van der Waals surface area contributed by atoms with Crippen molar-refractivity contribution in [1.82, 2.24) is 20.5 Å². The Labute approximate surface area is 176 Å². The Kier molecular flexibility index (Phi) is 6.06. The van der Waals surface area contributed by atoms with Crippen LogP contribution < -0.4 is 10.6 Å². The third-order valence-electron chi connectivity index (χ3n) is 6.50. The van der Waals surface area contributed by atoms with Gasteiger partial charge in [-0.2, -0.15) is 0 Å². The van der Waals surface area contributed by atoms with Crippen molar-refractivity contribution < 1.29 is 14.4 Å². The molecule has 0 spiro atoms. The van der Waals surface area contributed by atoms with Crippen LogP contribution in [0, 0.1) is 5.92 Å². The molecule has 30 heavy (non-hydrogen) atoms. The summed E-state index contributed by atoms with van der Waals surface area (Å²) in [4.78, 5) is 41.8. The fraction of sp³-hybridized carbons (Fsp3) is 0.522. The number of aromatic amines is 1. The topological polar surface area (TPSA) is 94.3 Å². The molecule has 3 N–H and O–H groups in total. The van der Waals surface area contributed by atoms with Gasteiger partial charge in [0.15, 0.2) is 0 Å². The Morgan fingerprint density at radius 2 is 2.00 bits per heavy atom. The van der Waals surface area contributed by atoms with E-state index in [4.69, 9.17) is 0 Å². The van der Waals surface area contributed by atoms with Gasteiger partial charge in [0.1, 0.15) is 6.04 Å². The molecular formula is C23H30N4O3. The molecule has 4 rings (SSSR count). The van der Waals surface area contributed by atoms with Crippen LogP contribution in [0.4, 0.5) is 4.79 Å². The lowest BCUT2D eigenvalue weighted by Crippen LogP contribution is -2.41. The number of nitrogens with zero attached hydrogens (tertiary/aromatic N) is 1. The average Bonchev–Trinajstić information content (AvgIpc) is 3.27. The summed E-state index contributed by atoms with van der Waals surface area (Å²) in [6.07, 6.45) is 7.65. The highest BCUT2D eigenvalue weighted by Crippen LogP contribution is 2.24. The van der Waals surface area contributed by atoms with Crippen molar-refractivity contribution in [1.29, 1.82) is 0 Å². The van der Waals surface area contributed by atoms with Crippen molar-refractivity contribution in [2.45, 2.75) is 64.0 Å². The Morgan fingerprint density at radius 3 is 2.83 bits per heavy atom. The number of urea groups is 1. The van der Waals surface area contributed by atoms with E-state index in [1.807, 2.05) is 30.5 Å². The van der Waals surface area contributed by atoms with Gasteiger partial charge in [-0.15, -0.1) is 0 Å². The molecule has 1 aliphatic carbocycles. The van der Waals surface area contributed by atoms with Gasteiger partial charge < -0.3 is 15.6 Å². The predicted octanol–water partition coefficient (Wildman–Crippen LogP) is 3.11. The molecule has 2 fully saturated rings. The molecule has 1 aliphatic heterocycles. The van der Waals surface area contributed by atoms with E-state index in [9.17, 15) is 14.4 Å². The maximum absolute atomic E-state index is 12.7. The number of carbonyl (C=O) groups is 3. The summed E-state index contributed by atoms with van der Waals surface area (Å²) >= 11 is 0. The average molecular weight is 411 g/mol. The molecule has 2 aliphatic rings. The van der Waals surface area contributed by atoms with Crippen molar-refractivity contribution in [3.05, 3.63) is 36.0 Å². The molecule has 3 atom stereocenters. The van der Waals surface area contributed by atoms with Crippen molar-refractivity contribution in [3.8, 4) is 0 Å². The van der Waals surface area contributed by atoms with Gasteiger partial charge in [0.25, 0.3) is 5.91 Å². The number of imide groups is 1. The Hall–Kier alpha value is -2.83. The fourth-order valence-electron chi connectivity index (χ4n) is 4.64. The number of aromatic nitrogens is 1. The van der Waals surface area contributed by atoms with Crippen LogP contribution in [0.3, 0.4) is 0 Å². The minimum atomic E-state index is -0.616. The van der Waals surface area contributed by atoms with Crippen molar-refractivity contribution >= 4 is 28.7 Å². The summed E-state index contributed by atoms with van der Waals surface area (Å²) in [6, 6.07) is 7.22. The number of hydrogen-bond acceptors (Lipinski definition) is 3. The van der Waals surface area contributed by atoms with Crippen LogP contribution in [-0.2, 0) is 16.0 Å². The molecule has 0 bridgehead atoms. The maximum atomic E-state index is 12.7. The lowest BCUT2D eigenvalue weighted by Gasteiger charge is -2.29. The normalized spacial score (nSPS) is 24.3. The van der Waals surface area contributed by atoms with Crippen LogP contribution >= 0.6 is 0 Å². The Balaban J connectivity index is 1.27. The highest BCUT2D eigenvalue weighted by atomic mass is 16.2. The Morgan fingerprint density at radius 1 is 1.20 bits per heavy atom. The molecule has 7 nitrogen and oxygen atoms in total. The predicted molar refractivity (Wildman–Crippen MR) is 115 cm³/mol. The van der Waals surface area contributed by atoms with E-state index >= 15 is 0 Å². The van der Waals surface area contributed by atoms with Gasteiger partial charge in [-0.25, -0.2) is 4.79 Å². The number of benzene rings is 1. The lowest BCUT2D eigenvalue weighted by atomic mass is 9.86. The molecule has 2 heterocycles. The smallest absolute Gasteiger partial charge is 0.324 e. The number of H-pyrrole nitrogens is 1. The van der Waals surface area contributed by atoms with Crippen LogP contribution in [0.15, 0.2) is 30.5 Å². The lowest BCUT2D eigenvalue weighted by molar-refractivity contribution is -0.127. The van der Waals surface area contributed by atoms with Gasteiger partial charge in [-0.1, -0.05) is 38.0 Å². The van der Waals surface area contributed by atoms with Gasteiger partial charge in [-0.05, 0) is 43.2 Å². The van der Waals surface area contributed by atoms with Crippen molar-refractivity contribution in [3.63, 3.8) is 0 Å². The first kappa shape index (κ1) is 20.4. The Bertz CT molecular complexity index is 937. The summed E-state index contributed by atoms with van der Waals surface area (Å²) in [7, 11) is 0. The molecule has 160 valence electrons.